The third kappa shape index (κ3) is 3.94. The summed E-state index contributed by atoms with van der Waals surface area (Å²) in [6.45, 7) is 4.02. The average molecular weight is 178 g/mol. The van der Waals surface area contributed by atoms with Gasteiger partial charge in [-0.15, -0.1) is 11.6 Å². The number of nitrogens with one attached hydrogen (secondary N) is 1. The first-order valence-electron chi connectivity index (χ1n) is 4.28. The normalized spacial score (nSPS) is 24.3. The minimum Gasteiger partial charge on any atom is -0.381 e. The Morgan fingerprint density at radius 3 is 3.09 bits per heavy atom. The number of ether oxygens (including phenoxy) is 1. The van der Waals surface area contributed by atoms with E-state index in [2.05, 4.69) is 5.32 Å². The predicted molar refractivity (Wildman–Crippen MR) is 47.1 cm³/mol. The van der Waals surface area contributed by atoms with E-state index in [9.17, 15) is 0 Å². The molecular weight excluding hydrogens is 162 g/mol. The SMILES string of the molecule is ClCCCNCC1CCOC1. The Morgan fingerprint density at radius 2 is 2.45 bits per heavy atom. The molecule has 0 aliphatic carbocycles. The lowest BCUT2D eigenvalue weighted by molar-refractivity contribution is 0.185. The molecule has 0 aromatic rings. The summed E-state index contributed by atoms with van der Waals surface area (Å²) < 4.78 is 5.25. The highest BCUT2D eigenvalue weighted by atomic mass is 35.5. The summed E-state index contributed by atoms with van der Waals surface area (Å²) in [6.07, 6.45) is 2.28. The largest absolute Gasteiger partial charge is 0.381 e. The first-order chi connectivity index (χ1) is 5.43. The fraction of sp³-hybridized carbons (Fsp3) is 1.00. The molecule has 11 heavy (non-hydrogen) atoms. The number of hydrogen-bond acceptors (Lipinski definition) is 2. The Balaban J connectivity index is 1.86. The Hall–Kier alpha value is 0.210. The van der Waals surface area contributed by atoms with E-state index in [4.69, 9.17) is 16.3 Å². The van der Waals surface area contributed by atoms with Crippen LogP contribution in [0.5, 0.6) is 0 Å². The first kappa shape index (κ1) is 9.30. The van der Waals surface area contributed by atoms with Crippen LogP contribution in [0, 0.1) is 5.92 Å². The van der Waals surface area contributed by atoms with E-state index in [1.807, 2.05) is 0 Å². The zero-order valence-electron chi connectivity index (χ0n) is 6.81. The summed E-state index contributed by atoms with van der Waals surface area (Å²) in [5.74, 6) is 1.50. The zero-order valence-corrected chi connectivity index (χ0v) is 7.57. The molecule has 0 saturated carbocycles. The van der Waals surface area contributed by atoms with E-state index >= 15 is 0 Å². The summed E-state index contributed by atoms with van der Waals surface area (Å²) in [7, 11) is 0. The van der Waals surface area contributed by atoms with Crippen LogP contribution >= 0.6 is 11.6 Å². The maximum Gasteiger partial charge on any atom is 0.0507 e. The van der Waals surface area contributed by atoms with Crippen LogP contribution in [0.2, 0.25) is 0 Å². The summed E-state index contributed by atoms with van der Waals surface area (Å²) >= 11 is 5.53. The Morgan fingerprint density at radius 1 is 1.55 bits per heavy atom. The Kier molecular flexibility index (Phi) is 4.91. The van der Waals surface area contributed by atoms with Crippen molar-refractivity contribution >= 4 is 11.6 Å². The minimum absolute atomic E-state index is 0.741. The van der Waals surface area contributed by atoms with Gasteiger partial charge in [0.05, 0.1) is 6.61 Å². The summed E-state index contributed by atoms with van der Waals surface area (Å²) in [5, 5.41) is 3.36. The number of halogens is 1. The highest BCUT2D eigenvalue weighted by molar-refractivity contribution is 6.17. The molecule has 0 amide bonds. The van der Waals surface area contributed by atoms with Crippen LogP contribution in [0.3, 0.4) is 0 Å². The van der Waals surface area contributed by atoms with Gasteiger partial charge in [0.25, 0.3) is 0 Å². The van der Waals surface area contributed by atoms with Gasteiger partial charge in [0.15, 0.2) is 0 Å². The molecule has 0 bridgehead atoms. The summed E-state index contributed by atoms with van der Waals surface area (Å²) in [5.41, 5.74) is 0. The number of rotatable bonds is 5. The highest BCUT2D eigenvalue weighted by Gasteiger charge is 2.14. The molecule has 1 aliphatic rings. The molecule has 1 heterocycles. The quantitative estimate of drug-likeness (QED) is 0.504. The lowest BCUT2D eigenvalue weighted by atomic mass is 10.1. The van der Waals surface area contributed by atoms with Crippen molar-refractivity contribution in [1.82, 2.24) is 5.32 Å². The molecule has 2 nitrogen and oxygen atoms in total. The van der Waals surface area contributed by atoms with Crippen LogP contribution in [-0.2, 0) is 4.74 Å². The molecule has 0 aromatic heterocycles. The van der Waals surface area contributed by atoms with Crippen LogP contribution in [0.4, 0.5) is 0 Å². The minimum atomic E-state index is 0.741. The molecule has 66 valence electrons. The molecular formula is C8H16ClNO. The van der Waals surface area contributed by atoms with Crippen molar-refractivity contribution in [3.05, 3.63) is 0 Å². The fourth-order valence-electron chi connectivity index (χ4n) is 1.24. The molecule has 1 unspecified atom stereocenters. The molecule has 3 heteroatoms. The lowest BCUT2D eigenvalue weighted by Crippen LogP contribution is -2.24. The topological polar surface area (TPSA) is 21.3 Å². The monoisotopic (exact) mass is 177 g/mol. The second-order valence-corrected chi connectivity index (χ2v) is 3.35. The fourth-order valence-corrected chi connectivity index (χ4v) is 1.38. The molecule has 0 aromatic carbocycles. The van der Waals surface area contributed by atoms with Crippen molar-refractivity contribution < 1.29 is 4.74 Å². The Bertz CT molecular complexity index is 94.1. The van der Waals surface area contributed by atoms with Crippen LogP contribution in [0.15, 0.2) is 0 Å². The van der Waals surface area contributed by atoms with E-state index in [1.165, 1.54) is 6.42 Å². The van der Waals surface area contributed by atoms with Crippen LogP contribution in [-0.4, -0.2) is 32.2 Å². The number of hydrogen-bond donors (Lipinski definition) is 1. The lowest BCUT2D eigenvalue weighted by Gasteiger charge is -2.07. The van der Waals surface area contributed by atoms with Crippen molar-refractivity contribution in [1.29, 1.82) is 0 Å². The van der Waals surface area contributed by atoms with E-state index in [1.54, 1.807) is 0 Å². The summed E-state index contributed by atoms with van der Waals surface area (Å²) in [4.78, 5) is 0. The van der Waals surface area contributed by atoms with Gasteiger partial charge in [0.1, 0.15) is 0 Å². The third-order valence-electron chi connectivity index (χ3n) is 1.94. The molecule has 1 N–H and O–H groups in total. The molecule has 1 rings (SSSR count). The highest BCUT2D eigenvalue weighted by Crippen LogP contribution is 2.10. The molecule has 1 saturated heterocycles. The van der Waals surface area contributed by atoms with Crippen molar-refractivity contribution in [3.8, 4) is 0 Å². The molecule has 1 fully saturated rings. The predicted octanol–water partition coefficient (Wildman–Crippen LogP) is 1.24. The molecule has 0 spiro atoms. The van der Waals surface area contributed by atoms with E-state index in [0.717, 1.165) is 44.5 Å². The molecule has 1 aliphatic heterocycles. The van der Waals surface area contributed by atoms with Crippen molar-refractivity contribution in [2.45, 2.75) is 12.8 Å². The second kappa shape index (κ2) is 5.81. The van der Waals surface area contributed by atoms with Crippen molar-refractivity contribution in [2.75, 3.05) is 32.2 Å². The van der Waals surface area contributed by atoms with Gasteiger partial charge in [-0.3, -0.25) is 0 Å². The van der Waals surface area contributed by atoms with Gasteiger partial charge < -0.3 is 10.1 Å². The van der Waals surface area contributed by atoms with Crippen LogP contribution in [0.25, 0.3) is 0 Å². The standard InChI is InChI=1S/C8H16ClNO/c9-3-1-4-10-6-8-2-5-11-7-8/h8,10H,1-7H2. The number of alkyl halides is 1. The summed E-state index contributed by atoms with van der Waals surface area (Å²) in [6, 6.07) is 0. The van der Waals surface area contributed by atoms with Gasteiger partial charge >= 0.3 is 0 Å². The van der Waals surface area contributed by atoms with Crippen LogP contribution < -0.4 is 5.32 Å². The second-order valence-electron chi connectivity index (χ2n) is 2.98. The maximum absolute atomic E-state index is 5.53. The molecule has 1 atom stereocenters. The molecule has 0 radical (unpaired) electrons. The third-order valence-corrected chi connectivity index (χ3v) is 2.21. The smallest absolute Gasteiger partial charge is 0.0507 e. The van der Waals surface area contributed by atoms with Gasteiger partial charge in [0, 0.05) is 19.0 Å². The van der Waals surface area contributed by atoms with E-state index < -0.39 is 0 Å². The van der Waals surface area contributed by atoms with Gasteiger partial charge in [-0.25, -0.2) is 0 Å². The van der Waals surface area contributed by atoms with Gasteiger partial charge in [-0.05, 0) is 25.3 Å². The van der Waals surface area contributed by atoms with E-state index in [0.29, 0.717) is 0 Å². The van der Waals surface area contributed by atoms with Gasteiger partial charge in [-0.2, -0.15) is 0 Å². The maximum atomic E-state index is 5.53. The van der Waals surface area contributed by atoms with E-state index in [-0.39, 0.29) is 0 Å². The van der Waals surface area contributed by atoms with Crippen molar-refractivity contribution in [3.63, 3.8) is 0 Å². The average Bonchev–Trinajstić information content (AvgIpc) is 2.50. The van der Waals surface area contributed by atoms with Crippen LogP contribution in [0.1, 0.15) is 12.8 Å². The van der Waals surface area contributed by atoms with Crippen molar-refractivity contribution in [2.24, 2.45) is 5.92 Å². The zero-order chi connectivity index (χ0) is 7.94. The Labute approximate surface area is 73.3 Å². The first-order valence-corrected chi connectivity index (χ1v) is 4.81. The van der Waals surface area contributed by atoms with Gasteiger partial charge in [-0.1, -0.05) is 0 Å². The van der Waals surface area contributed by atoms with Gasteiger partial charge in [0.2, 0.25) is 0 Å².